The van der Waals surface area contributed by atoms with Crippen LogP contribution in [0.4, 0.5) is 14.6 Å². The van der Waals surface area contributed by atoms with E-state index in [2.05, 4.69) is 20.5 Å². The number of halogens is 2. The number of benzene rings is 2. The zero-order chi connectivity index (χ0) is 25.2. The fourth-order valence-electron chi connectivity index (χ4n) is 4.22. The Hall–Kier alpha value is -4.40. The van der Waals surface area contributed by atoms with Crippen LogP contribution in [0.1, 0.15) is 28.8 Å². The van der Waals surface area contributed by atoms with Crippen LogP contribution in [0.2, 0.25) is 0 Å². The van der Waals surface area contributed by atoms with Gasteiger partial charge in [0.25, 0.3) is 6.43 Å². The number of carbonyl (C=O) groups is 1. The lowest BCUT2D eigenvalue weighted by Gasteiger charge is -2.09. The Bertz CT molecular complexity index is 1540. The average Bonchev–Trinajstić information content (AvgIpc) is 3.43. The molecule has 0 bridgehead atoms. The highest BCUT2D eigenvalue weighted by atomic mass is 19.3. The van der Waals surface area contributed by atoms with Crippen molar-refractivity contribution in [2.75, 3.05) is 5.32 Å². The summed E-state index contributed by atoms with van der Waals surface area (Å²) >= 11 is 0. The van der Waals surface area contributed by atoms with Gasteiger partial charge in [0.2, 0.25) is 5.91 Å². The minimum absolute atomic E-state index is 0.155. The molecule has 0 aliphatic carbocycles. The molecule has 1 N–H and O–H groups in total. The van der Waals surface area contributed by atoms with E-state index in [1.807, 2.05) is 49.4 Å². The lowest BCUT2D eigenvalue weighted by molar-refractivity contribution is -0.116. The summed E-state index contributed by atoms with van der Waals surface area (Å²) in [5.74, 6) is 0.0130. The quantitative estimate of drug-likeness (QED) is 0.328. The van der Waals surface area contributed by atoms with E-state index in [-0.39, 0.29) is 29.0 Å². The molecule has 182 valence electrons. The summed E-state index contributed by atoms with van der Waals surface area (Å²) < 4.78 is 31.0. The molecule has 5 aromatic rings. The third kappa shape index (κ3) is 4.72. The summed E-state index contributed by atoms with van der Waals surface area (Å²) in [5, 5.41) is 11.8. The highest BCUT2D eigenvalue weighted by Gasteiger charge is 2.22. The summed E-state index contributed by atoms with van der Waals surface area (Å²) in [7, 11) is 0. The largest absolute Gasteiger partial charge is 0.308 e. The standard InChI is InChI=1S/C27H24F2N6O/c1-17-8-6-7-11-20(17)15-34-13-12-23(33-34)31-24(36)16-35-27-25(18(2)32-35)21(26(28)29)14-22(30-27)19-9-4-3-5-10-19/h3-14,26H,15-16H2,1-2H3,(H,31,33,36). The molecule has 5 rings (SSSR count). The number of nitrogens with zero attached hydrogens (tertiary/aromatic N) is 5. The van der Waals surface area contributed by atoms with Gasteiger partial charge in [-0.2, -0.15) is 10.2 Å². The fraction of sp³-hybridized carbons (Fsp3) is 0.185. The zero-order valence-corrected chi connectivity index (χ0v) is 19.8. The maximum atomic E-state index is 14.0. The Morgan fingerprint density at radius 2 is 1.75 bits per heavy atom. The van der Waals surface area contributed by atoms with Gasteiger partial charge in [0, 0.05) is 23.4 Å². The minimum Gasteiger partial charge on any atom is -0.308 e. The lowest BCUT2D eigenvalue weighted by atomic mass is 10.1. The molecule has 36 heavy (non-hydrogen) atoms. The van der Waals surface area contributed by atoms with Gasteiger partial charge < -0.3 is 5.32 Å². The van der Waals surface area contributed by atoms with Gasteiger partial charge in [-0.3, -0.25) is 9.48 Å². The zero-order valence-electron chi connectivity index (χ0n) is 19.8. The minimum atomic E-state index is -2.71. The Morgan fingerprint density at radius 1 is 1.00 bits per heavy atom. The lowest BCUT2D eigenvalue weighted by Crippen LogP contribution is -2.20. The van der Waals surface area contributed by atoms with Gasteiger partial charge in [0.05, 0.1) is 23.3 Å². The molecular formula is C27H24F2N6O. The SMILES string of the molecule is Cc1ccccc1Cn1ccc(NC(=O)Cn2nc(C)c3c(C(F)F)cc(-c4ccccc4)nc32)n1. The third-order valence-electron chi connectivity index (χ3n) is 6.01. The predicted octanol–water partition coefficient (Wildman–Crippen LogP) is 5.54. The van der Waals surface area contributed by atoms with Crippen molar-refractivity contribution in [2.45, 2.75) is 33.4 Å². The van der Waals surface area contributed by atoms with Crippen LogP contribution in [0, 0.1) is 13.8 Å². The third-order valence-corrected chi connectivity index (χ3v) is 6.01. The molecule has 3 aromatic heterocycles. The van der Waals surface area contributed by atoms with Crippen molar-refractivity contribution in [3.63, 3.8) is 0 Å². The smallest absolute Gasteiger partial charge is 0.264 e. The second-order valence-electron chi connectivity index (χ2n) is 8.58. The Morgan fingerprint density at radius 3 is 2.50 bits per heavy atom. The van der Waals surface area contributed by atoms with Crippen LogP contribution in [0.5, 0.6) is 0 Å². The first-order valence-electron chi connectivity index (χ1n) is 11.5. The van der Waals surface area contributed by atoms with E-state index in [0.717, 1.165) is 11.1 Å². The molecule has 0 aliphatic heterocycles. The number of hydrogen-bond donors (Lipinski definition) is 1. The predicted molar refractivity (Wildman–Crippen MR) is 134 cm³/mol. The van der Waals surface area contributed by atoms with E-state index < -0.39 is 6.43 Å². The molecule has 0 atom stereocenters. The molecule has 0 spiro atoms. The Labute approximate surface area is 206 Å². The number of aryl methyl sites for hydroxylation is 2. The van der Waals surface area contributed by atoms with Gasteiger partial charge in [-0.15, -0.1) is 0 Å². The van der Waals surface area contributed by atoms with E-state index in [9.17, 15) is 13.6 Å². The number of carbonyl (C=O) groups excluding carboxylic acids is 1. The molecule has 0 saturated carbocycles. The van der Waals surface area contributed by atoms with Crippen molar-refractivity contribution in [1.29, 1.82) is 0 Å². The van der Waals surface area contributed by atoms with Gasteiger partial charge in [-0.05, 0) is 31.0 Å². The van der Waals surface area contributed by atoms with Gasteiger partial charge in [0.15, 0.2) is 11.5 Å². The second-order valence-corrected chi connectivity index (χ2v) is 8.58. The molecule has 9 heteroatoms. The number of fused-ring (bicyclic) bond motifs is 1. The first-order chi connectivity index (χ1) is 17.4. The van der Waals surface area contributed by atoms with E-state index in [1.54, 1.807) is 36.0 Å². The van der Waals surface area contributed by atoms with Crippen LogP contribution in [-0.2, 0) is 17.9 Å². The molecule has 2 aromatic carbocycles. The van der Waals surface area contributed by atoms with Crippen molar-refractivity contribution in [1.82, 2.24) is 24.5 Å². The molecule has 1 amide bonds. The normalized spacial score (nSPS) is 11.4. The molecule has 7 nitrogen and oxygen atoms in total. The number of nitrogens with one attached hydrogen (secondary N) is 1. The summed E-state index contributed by atoms with van der Waals surface area (Å²) in [5.41, 5.74) is 3.87. The number of rotatable bonds is 7. The van der Waals surface area contributed by atoms with Crippen LogP contribution >= 0.6 is 0 Å². The Balaban J connectivity index is 1.39. The summed E-state index contributed by atoms with van der Waals surface area (Å²) in [6.45, 7) is 4.06. The maximum absolute atomic E-state index is 14.0. The van der Waals surface area contributed by atoms with Crippen molar-refractivity contribution >= 4 is 22.8 Å². The maximum Gasteiger partial charge on any atom is 0.264 e. The molecule has 0 aliphatic rings. The van der Waals surface area contributed by atoms with Gasteiger partial charge in [0.1, 0.15) is 6.54 Å². The number of anilines is 1. The van der Waals surface area contributed by atoms with Gasteiger partial charge in [-0.25, -0.2) is 18.4 Å². The number of hydrogen-bond acceptors (Lipinski definition) is 4. The van der Waals surface area contributed by atoms with Gasteiger partial charge in [-0.1, -0.05) is 54.6 Å². The van der Waals surface area contributed by atoms with Crippen molar-refractivity contribution in [3.05, 3.63) is 95.3 Å². The summed E-state index contributed by atoms with van der Waals surface area (Å²) in [4.78, 5) is 17.4. The average molecular weight is 487 g/mol. The van der Waals surface area contributed by atoms with E-state index >= 15 is 0 Å². The molecule has 0 unspecified atom stereocenters. The summed E-state index contributed by atoms with van der Waals surface area (Å²) in [6, 6.07) is 20.2. The Kier molecular flexibility index (Phi) is 6.28. The van der Waals surface area contributed by atoms with Crippen molar-refractivity contribution < 1.29 is 13.6 Å². The monoisotopic (exact) mass is 486 g/mol. The molecule has 0 saturated heterocycles. The number of amides is 1. The van der Waals surface area contributed by atoms with E-state index in [0.29, 0.717) is 29.3 Å². The number of pyridine rings is 1. The van der Waals surface area contributed by atoms with Crippen molar-refractivity contribution in [3.8, 4) is 11.3 Å². The number of alkyl halides is 2. The van der Waals surface area contributed by atoms with Crippen molar-refractivity contribution in [2.24, 2.45) is 0 Å². The topological polar surface area (TPSA) is 77.6 Å². The first-order valence-corrected chi connectivity index (χ1v) is 11.5. The first kappa shape index (κ1) is 23.3. The molecule has 3 heterocycles. The van der Waals surface area contributed by atoms with E-state index in [4.69, 9.17) is 0 Å². The van der Waals surface area contributed by atoms with Crippen LogP contribution in [0.15, 0.2) is 72.9 Å². The number of aromatic nitrogens is 5. The van der Waals surface area contributed by atoms with Crippen LogP contribution < -0.4 is 5.32 Å². The molecule has 0 fully saturated rings. The fourth-order valence-corrected chi connectivity index (χ4v) is 4.22. The van der Waals surface area contributed by atoms with Crippen LogP contribution in [0.3, 0.4) is 0 Å². The van der Waals surface area contributed by atoms with Crippen LogP contribution in [0.25, 0.3) is 22.3 Å². The molecular weight excluding hydrogens is 462 g/mol. The second kappa shape index (κ2) is 9.69. The van der Waals surface area contributed by atoms with Crippen LogP contribution in [-0.4, -0.2) is 30.5 Å². The highest BCUT2D eigenvalue weighted by Crippen LogP contribution is 2.33. The highest BCUT2D eigenvalue weighted by molar-refractivity contribution is 5.91. The summed E-state index contributed by atoms with van der Waals surface area (Å²) in [6.07, 6.45) is -0.918. The van der Waals surface area contributed by atoms with Gasteiger partial charge >= 0.3 is 0 Å². The molecule has 0 radical (unpaired) electrons. The van der Waals surface area contributed by atoms with E-state index in [1.165, 1.54) is 10.7 Å².